The summed E-state index contributed by atoms with van der Waals surface area (Å²) in [5.74, 6) is -3.91. The third-order valence-electron chi connectivity index (χ3n) is 2.68. The summed E-state index contributed by atoms with van der Waals surface area (Å²) in [5.41, 5.74) is 0. The van der Waals surface area contributed by atoms with E-state index in [0.29, 0.717) is 10.1 Å². The van der Waals surface area contributed by atoms with Crippen molar-refractivity contribution in [2.24, 2.45) is 0 Å². The molecule has 0 bridgehead atoms. The van der Waals surface area contributed by atoms with Gasteiger partial charge in [0.2, 0.25) is 0 Å². The molecule has 1 atom stereocenters. The average Bonchev–Trinajstić information content (AvgIpc) is 2.80. The van der Waals surface area contributed by atoms with Gasteiger partial charge in [-0.05, 0) is 29.7 Å². The Bertz CT molecular complexity index is 726. The number of hydrogen-bond acceptors (Lipinski definition) is 4. The molecule has 3 N–H and O–H groups in total. The van der Waals surface area contributed by atoms with Crippen molar-refractivity contribution in [1.29, 1.82) is 0 Å². The standard InChI is InChI=1S/C13H10FNO5S/c14-7-1-2-9-6(3-7)4-10(21-9)12(18)15-8(13(19)20)5-11(16)17/h1-4,8H,5H2,(H,15,18)(H,16,17)(H,19,20)/t8-/m1/s1. The lowest BCUT2D eigenvalue weighted by Gasteiger charge is -2.11. The van der Waals surface area contributed by atoms with E-state index in [1.165, 1.54) is 24.3 Å². The first-order valence-electron chi connectivity index (χ1n) is 5.81. The molecule has 1 aromatic carbocycles. The molecule has 0 saturated carbocycles. The molecule has 0 aliphatic carbocycles. The van der Waals surface area contributed by atoms with E-state index in [2.05, 4.69) is 5.32 Å². The first-order valence-corrected chi connectivity index (χ1v) is 6.63. The number of carboxylic acids is 2. The summed E-state index contributed by atoms with van der Waals surface area (Å²) in [7, 11) is 0. The monoisotopic (exact) mass is 311 g/mol. The van der Waals surface area contributed by atoms with Crippen LogP contribution in [0.2, 0.25) is 0 Å². The van der Waals surface area contributed by atoms with Gasteiger partial charge in [-0.2, -0.15) is 0 Å². The molecule has 6 nitrogen and oxygen atoms in total. The number of hydrogen-bond donors (Lipinski definition) is 3. The second-order valence-electron chi connectivity index (χ2n) is 4.25. The van der Waals surface area contributed by atoms with E-state index >= 15 is 0 Å². The van der Waals surface area contributed by atoms with E-state index in [1.54, 1.807) is 0 Å². The minimum Gasteiger partial charge on any atom is -0.481 e. The molecular formula is C13H10FNO5S. The van der Waals surface area contributed by atoms with Crippen LogP contribution in [0.5, 0.6) is 0 Å². The SMILES string of the molecule is O=C(O)C[C@@H](NC(=O)c1cc2cc(F)ccc2s1)C(=O)O. The van der Waals surface area contributed by atoms with Crippen molar-refractivity contribution in [3.8, 4) is 0 Å². The molecule has 21 heavy (non-hydrogen) atoms. The lowest BCUT2D eigenvalue weighted by Crippen LogP contribution is -2.41. The van der Waals surface area contributed by atoms with Gasteiger partial charge in [0, 0.05) is 4.70 Å². The molecule has 0 aliphatic heterocycles. The summed E-state index contributed by atoms with van der Waals surface area (Å²) in [6.07, 6.45) is -0.722. The van der Waals surface area contributed by atoms with Gasteiger partial charge in [0.15, 0.2) is 0 Å². The Kier molecular flexibility index (Phi) is 4.18. The Labute approximate surface area is 121 Å². The van der Waals surface area contributed by atoms with E-state index in [1.807, 2.05) is 0 Å². The van der Waals surface area contributed by atoms with Crippen LogP contribution < -0.4 is 5.32 Å². The smallest absolute Gasteiger partial charge is 0.326 e. The molecule has 0 saturated heterocycles. The number of halogens is 1. The Morgan fingerprint density at radius 1 is 1.24 bits per heavy atom. The zero-order valence-electron chi connectivity index (χ0n) is 10.5. The Morgan fingerprint density at radius 3 is 2.57 bits per heavy atom. The molecule has 110 valence electrons. The second kappa shape index (κ2) is 5.88. The lowest BCUT2D eigenvalue weighted by molar-refractivity contribution is -0.145. The van der Waals surface area contributed by atoms with Gasteiger partial charge < -0.3 is 15.5 Å². The van der Waals surface area contributed by atoms with E-state index in [0.717, 1.165) is 11.3 Å². The normalized spacial score (nSPS) is 12.0. The van der Waals surface area contributed by atoms with Crippen LogP contribution in [0, 0.1) is 5.82 Å². The fraction of sp³-hybridized carbons (Fsp3) is 0.154. The summed E-state index contributed by atoms with van der Waals surface area (Å²) >= 11 is 1.07. The number of fused-ring (bicyclic) bond motifs is 1. The largest absolute Gasteiger partial charge is 0.481 e. The van der Waals surface area contributed by atoms with Crippen LogP contribution >= 0.6 is 11.3 Å². The molecule has 0 aliphatic rings. The molecule has 1 aromatic heterocycles. The lowest BCUT2D eigenvalue weighted by atomic mass is 10.2. The molecule has 0 spiro atoms. The highest BCUT2D eigenvalue weighted by molar-refractivity contribution is 7.20. The number of nitrogens with one attached hydrogen (secondary N) is 1. The van der Waals surface area contributed by atoms with Gasteiger partial charge in [-0.25, -0.2) is 9.18 Å². The minimum atomic E-state index is -1.52. The van der Waals surface area contributed by atoms with Crippen LogP contribution in [-0.2, 0) is 9.59 Å². The predicted molar refractivity (Wildman–Crippen MR) is 72.9 cm³/mol. The fourth-order valence-corrected chi connectivity index (χ4v) is 2.68. The van der Waals surface area contributed by atoms with Crippen LogP contribution in [-0.4, -0.2) is 34.1 Å². The molecule has 1 heterocycles. The zero-order valence-corrected chi connectivity index (χ0v) is 11.3. The first-order chi connectivity index (χ1) is 9.86. The second-order valence-corrected chi connectivity index (χ2v) is 5.34. The number of carboxylic acid groups (broad SMARTS) is 2. The van der Waals surface area contributed by atoms with Crippen molar-refractivity contribution >= 4 is 39.3 Å². The molecule has 0 fully saturated rings. The highest BCUT2D eigenvalue weighted by Crippen LogP contribution is 2.26. The number of benzene rings is 1. The predicted octanol–water partition coefficient (Wildman–Crippen LogP) is 1.70. The molecule has 0 unspecified atom stereocenters. The van der Waals surface area contributed by atoms with Gasteiger partial charge in [0.25, 0.3) is 5.91 Å². The Morgan fingerprint density at radius 2 is 1.95 bits per heavy atom. The maximum absolute atomic E-state index is 13.1. The van der Waals surface area contributed by atoms with Crippen LogP contribution in [0.1, 0.15) is 16.1 Å². The number of carbonyl (C=O) groups excluding carboxylic acids is 1. The van der Waals surface area contributed by atoms with Crippen molar-refractivity contribution in [1.82, 2.24) is 5.32 Å². The maximum Gasteiger partial charge on any atom is 0.326 e. The molecule has 8 heteroatoms. The third kappa shape index (κ3) is 3.54. The van der Waals surface area contributed by atoms with E-state index in [-0.39, 0.29) is 4.88 Å². The summed E-state index contributed by atoms with van der Waals surface area (Å²) in [4.78, 5) is 33.6. The van der Waals surface area contributed by atoms with E-state index in [4.69, 9.17) is 10.2 Å². The number of amides is 1. The average molecular weight is 311 g/mol. The summed E-state index contributed by atoms with van der Waals surface area (Å²) in [6.45, 7) is 0. The van der Waals surface area contributed by atoms with Crippen molar-refractivity contribution in [3.05, 3.63) is 35.0 Å². The Hall–Kier alpha value is -2.48. The van der Waals surface area contributed by atoms with Crippen LogP contribution in [0.15, 0.2) is 24.3 Å². The number of carbonyl (C=O) groups is 3. The van der Waals surface area contributed by atoms with Gasteiger partial charge in [-0.1, -0.05) is 0 Å². The van der Waals surface area contributed by atoms with E-state index in [9.17, 15) is 18.8 Å². The molecule has 2 rings (SSSR count). The summed E-state index contributed by atoms with van der Waals surface area (Å²) in [5, 5.41) is 20.1. The maximum atomic E-state index is 13.1. The van der Waals surface area contributed by atoms with Crippen LogP contribution in [0.3, 0.4) is 0 Å². The van der Waals surface area contributed by atoms with Crippen LogP contribution in [0.4, 0.5) is 4.39 Å². The quantitative estimate of drug-likeness (QED) is 0.779. The summed E-state index contributed by atoms with van der Waals surface area (Å²) < 4.78 is 13.7. The topological polar surface area (TPSA) is 104 Å². The van der Waals surface area contributed by atoms with Gasteiger partial charge in [-0.15, -0.1) is 11.3 Å². The third-order valence-corrected chi connectivity index (χ3v) is 3.80. The number of aliphatic carboxylic acids is 2. The molecular weight excluding hydrogens is 301 g/mol. The van der Waals surface area contributed by atoms with Gasteiger partial charge >= 0.3 is 11.9 Å². The molecule has 0 radical (unpaired) electrons. The molecule has 1 amide bonds. The van der Waals surface area contributed by atoms with Gasteiger partial charge in [0.05, 0.1) is 11.3 Å². The van der Waals surface area contributed by atoms with Gasteiger partial charge in [0.1, 0.15) is 11.9 Å². The van der Waals surface area contributed by atoms with Crippen molar-refractivity contribution < 1.29 is 29.0 Å². The number of thiophene rings is 1. The minimum absolute atomic E-state index is 0.187. The van der Waals surface area contributed by atoms with E-state index < -0.39 is 36.1 Å². The van der Waals surface area contributed by atoms with Crippen molar-refractivity contribution in [3.63, 3.8) is 0 Å². The number of rotatable bonds is 5. The highest BCUT2D eigenvalue weighted by atomic mass is 32.1. The zero-order chi connectivity index (χ0) is 15.6. The molecule has 2 aromatic rings. The highest BCUT2D eigenvalue weighted by Gasteiger charge is 2.24. The van der Waals surface area contributed by atoms with Crippen molar-refractivity contribution in [2.75, 3.05) is 0 Å². The Balaban J connectivity index is 2.20. The van der Waals surface area contributed by atoms with Gasteiger partial charge in [-0.3, -0.25) is 9.59 Å². The first kappa shape index (κ1) is 14.9. The summed E-state index contributed by atoms with van der Waals surface area (Å²) in [6, 6.07) is 3.94. The van der Waals surface area contributed by atoms with Crippen molar-refractivity contribution in [2.45, 2.75) is 12.5 Å². The van der Waals surface area contributed by atoms with Crippen LogP contribution in [0.25, 0.3) is 10.1 Å². The fourth-order valence-electron chi connectivity index (χ4n) is 1.73.